The molecule has 0 aromatic heterocycles. The first-order valence-corrected chi connectivity index (χ1v) is 10.4. The molecule has 0 spiro atoms. The third-order valence-corrected chi connectivity index (χ3v) is 5.39. The highest BCUT2D eigenvalue weighted by molar-refractivity contribution is 5.85. The number of carboxylic acid groups (broad SMARTS) is 1. The van der Waals surface area contributed by atoms with Crippen molar-refractivity contribution in [2.45, 2.75) is 38.4 Å². The molecule has 170 valence electrons. The van der Waals surface area contributed by atoms with Gasteiger partial charge in [-0.05, 0) is 49.6 Å². The van der Waals surface area contributed by atoms with E-state index in [2.05, 4.69) is 5.32 Å². The molecule has 0 radical (unpaired) electrons. The van der Waals surface area contributed by atoms with Crippen molar-refractivity contribution in [1.82, 2.24) is 0 Å². The number of carbonyl (C=O) groups is 2. The number of anilines is 1. The summed E-state index contributed by atoms with van der Waals surface area (Å²) in [5.74, 6) is 0.775. The van der Waals surface area contributed by atoms with Crippen LogP contribution in [0.5, 0.6) is 17.2 Å². The molecule has 2 aromatic carbocycles. The van der Waals surface area contributed by atoms with Gasteiger partial charge in [-0.15, -0.1) is 0 Å². The summed E-state index contributed by atoms with van der Waals surface area (Å²) in [6, 6.07) is 10.4. The molecule has 2 heterocycles. The van der Waals surface area contributed by atoms with Gasteiger partial charge in [0, 0.05) is 30.3 Å². The summed E-state index contributed by atoms with van der Waals surface area (Å²) in [5.41, 5.74) is 0.707. The molecule has 0 saturated carbocycles. The summed E-state index contributed by atoms with van der Waals surface area (Å²) in [5, 5.41) is 12.3. The summed E-state index contributed by atoms with van der Waals surface area (Å²) in [7, 11) is 0. The predicted molar refractivity (Wildman–Crippen MR) is 113 cm³/mol. The van der Waals surface area contributed by atoms with Crippen molar-refractivity contribution in [3.63, 3.8) is 0 Å². The molecule has 1 fully saturated rings. The van der Waals surface area contributed by atoms with Crippen molar-refractivity contribution in [3.05, 3.63) is 47.5 Å². The monoisotopic (exact) mass is 443 g/mol. The van der Waals surface area contributed by atoms with E-state index in [0.29, 0.717) is 54.6 Å². The lowest BCUT2D eigenvalue weighted by atomic mass is 9.91. The van der Waals surface area contributed by atoms with E-state index in [0.717, 1.165) is 5.56 Å². The first-order chi connectivity index (χ1) is 15.5. The van der Waals surface area contributed by atoms with Crippen LogP contribution in [0.2, 0.25) is 0 Å². The fourth-order valence-corrected chi connectivity index (χ4v) is 3.83. The lowest BCUT2D eigenvalue weighted by molar-refractivity contribution is -0.159. The molecule has 1 atom stereocenters. The van der Waals surface area contributed by atoms with E-state index in [-0.39, 0.29) is 19.8 Å². The highest BCUT2D eigenvalue weighted by Crippen LogP contribution is 2.34. The Bertz CT molecular complexity index is 999. The van der Waals surface area contributed by atoms with Crippen LogP contribution < -0.4 is 19.5 Å². The van der Waals surface area contributed by atoms with E-state index < -0.39 is 17.7 Å². The molecule has 2 aliphatic rings. The molecule has 9 heteroatoms. The van der Waals surface area contributed by atoms with Gasteiger partial charge in [0.15, 0.2) is 17.1 Å². The van der Waals surface area contributed by atoms with Crippen molar-refractivity contribution >= 4 is 17.7 Å². The van der Waals surface area contributed by atoms with Gasteiger partial charge in [0.25, 0.3) is 0 Å². The smallest absolute Gasteiger partial charge is 0.411 e. The molecule has 2 aliphatic heterocycles. The van der Waals surface area contributed by atoms with Crippen LogP contribution in [0.25, 0.3) is 0 Å². The highest BCUT2D eigenvalue weighted by atomic mass is 16.7. The van der Waals surface area contributed by atoms with Crippen LogP contribution in [0.4, 0.5) is 10.5 Å². The van der Waals surface area contributed by atoms with Gasteiger partial charge in [-0.2, -0.15) is 0 Å². The van der Waals surface area contributed by atoms with Gasteiger partial charge in [0.05, 0.1) is 6.61 Å². The van der Waals surface area contributed by atoms with Crippen LogP contribution in [0.1, 0.15) is 30.9 Å². The highest BCUT2D eigenvalue weighted by Gasteiger charge is 2.43. The number of nitrogens with one attached hydrogen (secondary N) is 1. The maximum Gasteiger partial charge on any atom is 0.411 e. The van der Waals surface area contributed by atoms with E-state index in [1.165, 1.54) is 0 Å². The number of benzene rings is 2. The summed E-state index contributed by atoms with van der Waals surface area (Å²) < 4.78 is 27.2. The number of aliphatic carboxylic acids is 1. The fourth-order valence-electron chi connectivity index (χ4n) is 3.83. The summed E-state index contributed by atoms with van der Waals surface area (Å²) in [6.07, 6.45) is 0.752. The summed E-state index contributed by atoms with van der Waals surface area (Å²) >= 11 is 0. The second-order valence-corrected chi connectivity index (χ2v) is 7.57. The molecule has 1 unspecified atom stereocenters. The number of carbonyl (C=O) groups excluding carboxylic acids is 1. The predicted octanol–water partition coefficient (Wildman–Crippen LogP) is 3.74. The van der Waals surface area contributed by atoms with E-state index in [4.69, 9.17) is 23.7 Å². The van der Waals surface area contributed by atoms with Crippen molar-refractivity contribution in [3.8, 4) is 17.2 Å². The standard InChI is InChI=1S/C23H25NO8/c1-2-28-18-6-4-15(12-23(21(25)26)8-3-9-32-23)10-16(18)13-29-22(27)24-17-5-7-19-20(11-17)31-14-30-19/h4-7,10-11H,2-3,8-9,12-14H2,1H3,(H,24,27)(H,25,26). The number of hydrogen-bond donors (Lipinski definition) is 2. The molecule has 32 heavy (non-hydrogen) atoms. The first kappa shape index (κ1) is 21.8. The van der Waals surface area contributed by atoms with Crippen molar-refractivity contribution in [2.24, 2.45) is 0 Å². The molecular weight excluding hydrogens is 418 g/mol. The SMILES string of the molecule is CCOc1ccc(CC2(C(=O)O)CCCO2)cc1COC(=O)Nc1ccc2c(c1)OCO2. The molecule has 1 amide bonds. The Hall–Kier alpha value is -3.46. The van der Waals surface area contributed by atoms with Crippen LogP contribution >= 0.6 is 0 Å². The number of amides is 1. The summed E-state index contributed by atoms with van der Waals surface area (Å²) in [4.78, 5) is 24.1. The van der Waals surface area contributed by atoms with Gasteiger partial charge < -0.3 is 28.8 Å². The Labute approximate surface area is 185 Å². The number of fused-ring (bicyclic) bond motifs is 1. The quantitative estimate of drug-likeness (QED) is 0.635. The molecule has 4 rings (SSSR count). The van der Waals surface area contributed by atoms with Crippen molar-refractivity contribution in [2.75, 3.05) is 25.3 Å². The van der Waals surface area contributed by atoms with E-state index >= 15 is 0 Å². The molecule has 0 bridgehead atoms. The van der Waals surface area contributed by atoms with Gasteiger partial charge in [-0.3, -0.25) is 5.32 Å². The minimum atomic E-state index is -1.22. The Morgan fingerprint density at radius 2 is 2.00 bits per heavy atom. The van der Waals surface area contributed by atoms with Gasteiger partial charge in [0.2, 0.25) is 6.79 Å². The molecule has 9 nitrogen and oxygen atoms in total. The second-order valence-electron chi connectivity index (χ2n) is 7.57. The molecule has 1 saturated heterocycles. The first-order valence-electron chi connectivity index (χ1n) is 10.4. The third-order valence-electron chi connectivity index (χ3n) is 5.39. The van der Waals surface area contributed by atoms with Gasteiger partial charge in [0.1, 0.15) is 12.4 Å². The molecule has 0 aliphatic carbocycles. The number of ether oxygens (including phenoxy) is 5. The van der Waals surface area contributed by atoms with Crippen LogP contribution in [-0.4, -0.2) is 42.8 Å². The summed E-state index contributed by atoms with van der Waals surface area (Å²) in [6.45, 7) is 2.84. The number of carboxylic acids is 1. The normalized spacial score (nSPS) is 18.9. The van der Waals surface area contributed by atoms with Crippen LogP contribution in [0, 0.1) is 0 Å². The van der Waals surface area contributed by atoms with E-state index in [9.17, 15) is 14.7 Å². The minimum Gasteiger partial charge on any atom is -0.493 e. The van der Waals surface area contributed by atoms with E-state index in [1.807, 2.05) is 13.0 Å². The average Bonchev–Trinajstić information content (AvgIpc) is 3.44. The van der Waals surface area contributed by atoms with Gasteiger partial charge in [-0.1, -0.05) is 6.07 Å². The lowest BCUT2D eigenvalue weighted by Gasteiger charge is -2.24. The van der Waals surface area contributed by atoms with Crippen LogP contribution in [0.3, 0.4) is 0 Å². The van der Waals surface area contributed by atoms with Gasteiger partial charge in [-0.25, -0.2) is 9.59 Å². The maximum absolute atomic E-state index is 12.3. The topological polar surface area (TPSA) is 113 Å². The van der Waals surface area contributed by atoms with Gasteiger partial charge >= 0.3 is 12.1 Å². The Balaban J connectivity index is 1.43. The maximum atomic E-state index is 12.3. The van der Waals surface area contributed by atoms with Crippen LogP contribution in [-0.2, 0) is 27.3 Å². The second kappa shape index (κ2) is 9.35. The largest absolute Gasteiger partial charge is 0.493 e. The third kappa shape index (κ3) is 4.72. The zero-order valence-electron chi connectivity index (χ0n) is 17.7. The number of rotatable bonds is 8. The minimum absolute atomic E-state index is 0.0412. The van der Waals surface area contributed by atoms with Crippen LogP contribution in [0.15, 0.2) is 36.4 Å². The zero-order chi connectivity index (χ0) is 22.6. The molecular formula is C23H25NO8. The van der Waals surface area contributed by atoms with Crippen molar-refractivity contribution < 1.29 is 38.4 Å². The average molecular weight is 443 g/mol. The zero-order valence-corrected chi connectivity index (χ0v) is 17.7. The molecule has 2 aromatic rings. The van der Waals surface area contributed by atoms with E-state index in [1.54, 1.807) is 30.3 Å². The Morgan fingerprint density at radius 1 is 1.16 bits per heavy atom. The number of hydrogen-bond acceptors (Lipinski definition) is 7. The Morgan fingerprint density at radius 3 is 2.75 bits per heavy atom. The van der Waals surface area contributed by atoms with Crippen molar-refractivity contribution in [1.29, 1.82) is 0 Å². The molecule has 2 N–H and O–H groups in total. The fraction of sp³-hybridized carbons (Fsp3) is 0.391. The Kier molecular flexibility index (Phi) is 6.36. The lowest BCUT2D eigenvalue weighted by Crippen LogP contribution is -2.40.